The van der Waals surface area contributed by atoms with Gasteiger partial charge in [0.05, 0.1) is 13.2 Å². The van der Waals surface area contributed by atoms with E-state index in [0.29, 0.717) is 0 Å². The lowest BCUT2D eigenvalue weighted by molar-refractivity contribution is 0.0274. The van der Waals surface area contributed by atoms with Gasteiger partial charge in [-0.25, -0.2) is 9.18 Å². The highest BCUT2D eigenvalue weighted by Crippen LogP contribution is 2.32. The van der Waals surface area contributed by atoms with Crippen molar-refractivity contribution in [1.29, 1.82) is 0 Å². The lowest BCUT2D eigenvalue weighted by atomic mass is 10.1. The number of ether oxygens (including phenoxy) is 1. The molecule has 88 valence electrons. The van der Waals surface area contributed by atoms with Crippen LogP contribution >= 0.6 is 0 Å². The zero-order chi connectivity index (χ0) is 11.8. The van der Waals surface area contributed by atoms with Gasteiger partial charge in [-0.05, 0) is 6.07 Å². The minimum Gasteiger partial charge on any atom is -0.393 e. The second-order valence-corrected chi connectivity index (χ2v) is 3.82. The highest BCUT2D eigenvalue weighted by Gasteiger charge is 2.41. The van der Waals surface area contributed by atoms with Crippen molar-refractivity contribution in [2.24, 2.45) is 0 Å². The monoisotopic (exact) mass is 229 g/mol. The van der Waals surface area contributed by atoms with Crippen molar-refractivity contribution in [2.75, 3.05) is 18.9 Å². The number of aromatic nitrogens is 2. The summed E-state index contributed by atoms with van der Waals surface area (Å²) in [5, 5.41) is 8.83. The molecule has 0 aliphatic carbocycles. The second kappa shape index (κ2) is 3.84. The Balaban J connectivity index is 2.24. The van der Waals surface area contributed by atoms with Gasteiger partial charge in [0.1, 0.15) is 12.0 Å². The van der Waals surface area contributed by atoms with Crippen LogP contribution in [0.3, 0.4) is 0 Å². The largest absolute Gasteiger partial charge is 0.393 e. The van der Waals surface area contributed by atoms with Crippen LogP contribution in [0.2, 0.25) is 0 Å². The first-order chi connectivity index (χ1) is 7.54. The number of nitrogens with zero attached hydrogens (tertiary/aromatic N) is 2. The van der Waals surface area contributed by atoms with E-state index in [-0.39, 0.29) is 18.8 Å². The van der Waals surface area contributed by atoms with E-state index >= 15 is 0 Å². The van der Waals surface area contributed by atoms with E-state index in [0.717, 1.165) is 4.57 Å². The summed E-state index contributed by atoms with van der Waals surface area (Å²) in [6.07, 6.45) is 0.589. The highest BCUT2D eigenvalue weighted by molar-refractivity contribution is 5.23. The third-order valence-corrected chi connectivity index (χ3v) is 2.52. The van der Waals surface area contributed by atoms with Gasteiger partial charge in [0, 0.05) is 12.6 Å². The minimum absolute atomic E-state index is 0.0744. The Labute approximate surface area is 90.5 Å². The molecule has 0 bridgehead atoms. The van der Waals surface area contributed by atoms with Crippen LogP contribution in [-0.4, -0.2) is 33.5 Å². The van der Waals surface area contributed by atoms with Crippen LogP contribution in [0.4, 0.5) is 10.2 Å². The van der Waals surface area contributed by atoms with Gasteiger partial charge in [0.25, 0.3) is 0 Å². The number of rotatable bonds is 2. The van der Waals surface area contributed by atoms with Gasteiger partial charge in [-0.15, -0.1) is 0 Å². The normalized spacial score (nSPS) is 29.5. The summed E-state index contributed by atoms with van der Waals surface area (Å²) in [5.41, 5.74) is 2.95. The number of alkyl halides is 1. The lowest BCUT2D eigenvalue weighted by Crippen LogP contribution is -2.30. The summed E-state index contributed by atoms with van der Waals surface area (Å²) >= 11 is 0. The maximum absolute atomic E-state index is 13.7. The maximum Gasteiger partial charge on any atom is 0.351 e. The number of hydrogen-bond acceptors (Lipinski definition) is 5. The SMILES string of the molecule is Nc1ccn(C2CC(F)(CO)CO2)c(=O)n1. The van der Waals surface area contributed by atoms with E-state index in [1.54, 1.807) is 0 Å². The second-order valence-electron chi connectivity index (χ2n) is 3.82. The Kier molecular flexibility index (Phi) is 2.64. The number of halogens is 1. The van der Waals surface area contributed by atoms with Crippen LogP contribution in [0.5, 0.6) is 0 Å². The molecule has 0 amide bonds. The van der Waals surface area contributed by atoms with Crippen molar-refractivity contribution in [1.82, 2.24) is 9.55 Å². The van der Waals surface area contributed by atoms with Gasteiger partial charge in [-0.2, -0.15) is 4.98 Å². The van der Waals surface area contributed by atoms with E-state index in [4.69, 9.17) is 15.6 Å². The molecule has 1 aliphatic rings. The van der Waals surface area contributed by atoms with Crippen molar-refractivity contribution in [3.05, 3.63) is 22.7 Å². The van der Waals surface area contributed by atoms with Crippen LogP contribution in [-0.2, 0) is 4.74 Å². The summed E-state index contributed by atoms with van der Waals surface area (Å²) in [6, 6.07) is 1.43. The van der Waals surface area contributed by atoms with E-state index in [1.165, 1.54) is 12.3 Å². The van der Waals surface area contributed by atoms with Crippen LogP contribution in [0.1, 0.15) is 12.6 Å². The quantitative estimate of drug-likeness (QED) is 0.709. The van der Waals surface area contributed by atoms with Crippen molar-refractivity contribution < 1.29 is 14.2 Å². The molecule has 6 nitrogen and oxygen atoms in total. The molecular formula is C9H12FN3O3. The van der Waals surface area contributed by atoms with Gasteiger partial charge in [0.2, 0.25) is 0 Å². The molecule has 1 saturated heterocycles. The van der Waals surface area contributed by atoms with Gasteiger partial charge < -0.3 is 15.6 Å². The summed E-state index contributed by atoms with van der Waals surface area (Å²) in [7, 11) is 0. The Morgan fingerprint density at radius 3 is 3.12 bits per heavy atom. The highest BCUT2D eigenvalue weighted by atomic mass is 19.1. The maximum atomic E-state index is 13.7. The summed E-state index contributed by atoms with van der Waals surface area (Å²) in [6.45, 7) is -0.856. The molecule has 0 spiro atoms. The number of hydrogen-bond donors (Lipinski definition) is 2. The minimum atomic E-state index is -1.79. The molecule has 1 aliphatic heterocycles. The van der Waals surface area contributed by atoms with E-state index in [2.05, 4.69) is 4.98 Å². The zero-order valence-corrected chi connectivity index (χ0v) is 8.47. The van der Waals surface area contributed by atoms with Crippen molar-refractivity contribution in [3.63, 3.8) is 0 Å². The summed E-state index contributed by atoms with van der Waals surface area (Å²) in [5.74, 6) is 0.105. The fourth-order valence-corrected chi connectivity index (χ4v) is 1.61. The van der Waals surface area contributed by atoms with Gasteiger partial charge >= 0.3 is 5.69 Å². The first-order valence-corrected chi connectivity index (χ1v) is 4.80. The topological polar surface area (TPSA) is 90.4 Å². The molecule has 1 fully saturated rings. The molecule has 1 aromatic rings. The zero-order valence-electron chi connectivity index (χ0n) is 8.47. The van der Waals surface area contributed by atoms with Crippen molar-refractivity contribution in [3.8, 4) is 0 Å². The predicted octanol–water partition coefficient (Wildman–Crippen LogP) is -0.555. The predicted molar refractivity (Wildman–Crippen MR) is 53.4 cm³/mol. The number of nitrogens with two attached hydrogens (primary N) is 1. The molecule has 2 atom stereocenters. The van der Waals surface area contributed by atoms with Crippen molar-refractivity contribution >= 4 is 5.82 Å². The molecule has 0 saturated carbocycles. The van der Waals surface area contributed by atoms with Crippen molar-refractivity contribution in [2.45, 2.75) is 18.3 Å². The number of anilines is 1. The first kappa shape index (κ1) is 11.0. The molecule has 0 aromatic carbocycles. The van der Waals surface area contributed by atoms with E-state index in [9.17, 15) is 9.18 Å². The molecule has 7 heteroatoms. The molecule has 2 rings (SSSR count). The van der Waals surface area contributed by atoms with E-state index < -0.39 is 24.2 Å². The van der Waals surface area contributed by atoms with E-state index in [1.807, 2.05) is 0 Å². The lowest BCUT2D eigenvalue weighted by Gasteiger charge is -2.14. The van der Waals surface area contributed by atoms with Crippen LogP contribution < -0.4 is 11.4 Å². The molecule has 2 unspecified atom stereocenters. The smallest absolute Gasteiger partial charge is 0.351 e. The standard InChI is InChI=1S/C9H12FN3O3/c10-9(4-14)3-7(16-5-9)13-2-1-6(11)12-8(13)15/h1-2,7,14H,3-5H2,(H2,11,12,15). The molecule has 16 heavy (non-hydrogen) atoms. The van der Waals surface area contributed by atoms with Gasteiger partial charge in [-0.3, -0.25) is 4.57 Å². The Morgan fingerprint density at radius 1 is 1.81 bits per heavy atom. The average molecular weight is 229 g/mol. The molecule has 3 N–H and O–H groups in total. The molecule has 1 aromatic heterocycles. The van der Waals surface area contributed by atoms with Crippen LogP contribution in [0, 0.1) is 0 Å². The van der Waals surface area contributed by atoms with Crippen LogP contribution in [0.15, 0.2) is 17.1 Å². The first-order valence-electron chi connectivity index (χ1n) is 4.80. The Morgan fingerprint density at radius 2 is 2.56 bits per heavy atom. The Bertz CT molecular complexity index is 450. The fraction of sp³-hybridized carbons (Fsp3) is 0.556. The Hall–Kier alpha value is -1.47. The summed E-state index contributed by atoms with van der Waals surface area (Å²) in [4.78, 5) is 14.9. The molecule has 0 radical (unpaired) electrons. The third-order valence-electron chi connectivity index (χ3n) is 2.52. The van der Waals surface area contributed by atoms with Gasteiger partial charge in [0.15, 0.2) is 5.67 Å². The number of aliphatic hydroxyl groups excluding tert-OH is 1. The fourth-order valence-electron chi connectivity index (χ4n) is 1.61. The van der Waals surface area contributed by atoms with Crippen LogP contribution in [0.25, 0.3) is 0 Å². The number of aliphatic hydroxyl groups is 1. The summed E-state index contributed by atoms with van der Waals surface area (Å²) < 4.78 is 19.9. The molecule has 2 heterocycles. The average Bonchev–Trinajstić information content (AvgIpc) is 2.62. The molecular weight excluding hydrogens is 217 g/mol. The number of nitrogen functional groups attached to an aromatic ring is 1. The van der Waals surface area contributed by atoms with Gasteiger partial charge in [-0.1, -0.05) is 0 Å². The third kappa shape index (κ3) is 1.91.